The molecule has 1 heterocycles. The number of hydrogen-bond acceptors (Lipinski definition) is 10. The van der Waals surface area contributed by atoms with Crippen LogP contribution in [0.5, 0.6) is 11.5 Å². The topological polar surface area (TPSA) is 140 Å². The van der Waals surface area contributed by atoms with Gasteiger partial charge in [-0.05, 0) is 73.3 Å². The van der Waals surface area contributed by atoms with E-state index in [0.717, 1.165) is 42.4 Å². The second kappa shape index (κ2) is 19.3. The second-order valence-corrected chi connectivity index (χ2v) is 13.8. The van der Waals surface area contributed by atoms with Crippen molar-refractivity contribution in [2.75, 3.05) is 46.7 Å². The van der Waals surface area contributed by atoms with E-state index in [1.165, 1.54) is 7.11 Å². The monoisotopic (exact) mass is 720 g/mol. The van der Waals surface area contributed by atoms with Crippen molar-refractivity contribution >= 4 is 11.8 Å². The SMILES string of the molecule is C=CCO[C@@]12Oc3ccc(O)cc3[C@H]3[C@H](CCCCO)[C@@H](CCCCO)C=C(C(=NOC)C[C@@H]1N(CCC)C(=O)OCCOCc1ccccc1)[C@H]32. The molecule has 284 valence electrons. The smallest absolute Gasteiger partial charge is 0.410 e. The van der Waals surface area contributed by atoms with Gasteiger partial charge in [0.2, 0.25) is 5.79 Å². The zero-order valence-electron chi connectivity index (χ0n) is 30.7. The summed E-state index contributed by atoms with van der Waals surface area (Å²) in [7, 11) is 1.52. The molecule has 11 heteroatoms. The number of carbonyl (C=O) groups excluding carboxylic acids is 1. The first-order valence-electron chi connectivity index (χ1n) is 18.8. The quantitative estimate of drug-likeness (QED) is 0.0773. The van der Waals surface area contributed by atoms with E-state index >= 15 is 0 Å². The Morgan fingerprint density at radius 2 is 1.85 bits per heavy atom. The molecule has 0 aromatic heterocycles. The number of aliphatic hydroxyl groups is 2. The van der Waals surface area contributed by atoms with Gasteiger partial charge in [-0.25, -0.2) is 4.79 Å². The molecule has 1 fully saturated rings. The zero-order valence-corrected chi connectivity index (χ0v) is 30.7. The highest BCUT2D eigenvalue weighted by Crippen LogP contribution is 2.61. The zero-order chi connectivity index (χ0) is 36.9. The maximum absolute atomic E-state index is 14.1. The van der Waals surface area contributed by atoms with Gasteiger partial charge < -0.3 is 39.1 Å². The number of phenolic OH excluding ortho intramolecular Hbond substituents is 1. The molecule has 3 aliphatic rings. The second-order valence-electron chi connectivity index (χ2n) is 13.8. The number of amides is 1. The lowest BCUT2D eigenvalue weighted by atomic mass is 9.55. The molecule has 0 saturated heterocycles. The number of nitrogens with zero attached hydrogens (tertiary/aromatic N) is 2. The third-order valence-corrected chi connectivity index (χ3v) is 10.5. The van der Waals surface area contributed by atoms with Gasteiger partial charge in [0.15, 0.2) is 0 Å². The van der Waals surface area contributed by atoms with Gasteiger partial charge in [-0.3, -0.25) is 4.90 Å². The Balaban J connectivity index is 1.58. The summed E-state index contributed by atoms with van der Waals surface area (Å²) in [5, 5.41) is 34.8. The van der Waals surface area contributed by atoms with Gasteiger partial charge >= 0.3 is 6.09 Å². The number of allylic oxidation sites excluding steroid dienone is 1. The molecule has 5 rings (SSSR count). The summed E-state index contributed by atoms with van der Waals surface area (Å²) in [5.41, 5.74) is 3.54. The van der Waals surface area contributed by atoms with Crippen LogP contribution >= 0.6 is 0 Å². The molecule has 6 atom stereocenters. The minimum Gasteiger partial charge on any atom is -0.508 e. The molecule has 0 spiro atoms. The number of ether oxygens (including phenoxy) is 4. The molecule has 0 unspecified atom stereocenters. The minimum atomic E-state index is -1.37. The summed E-state index contributed by atoms with van der Waals surface area (Å²) in [6.07, 6.45) is 9.06. The molecule has 1 saturated carbocycles. The van der Waals surface area contributed by atoms with Crippen LogP contribution in [0.3, 0.4) is 0 Å². The summed E-state index contributed by atoms with van der Waals surface area (Å²) in [6, 6.07) is 14.3. The highest BCUT2D eigenvalue weighted by atomic mass is 16.7. The number of aromatic hydroxyl groups is 1. The summed E-state index contributed by atoms with van der Waals surface area (Å²) in [6.45, 7) is 7.44. The Hall–Kier alpha value is -3.90. The number of aliphatic hydroxyl groups excluding tert-OH is 2. The van der Waals surface area contributed by atoms with Crippen LogP contribution in [-0.2, 0) is 25.7 Å². The van der Waals surface area contributed by atoms with Crippen molar-refractivity contribution < 1.29 is 43.9 Å². The standard InChI is InChI=1S/C41H56N2O9/c1-4-19-43(40(47)50-24-23-49-28-29-13-7-6-8-14-29)37-27-35(42-48-3)33-25-30(15-9-11-20-44)32(16-10-12-21-45)38-34-26-31(46)17-18-36(34)52-41(37,39(33)38)51-22-5-2/h5-8,13-14,17-18,25-26,30,32,37-39,44-46H,2,4,9-12,15-16,19-24,27-28H2,1,3H3/t30-,32+,37-,38+,39+,41+/m0/s1. The molecular weight excluding hydrogens is 664 g/mol. The largest absolute Gasteiger partial charge is 0.508 e. The summed E-state index contributed by atoms with van der Waals surface area (Å²) in [5.74, 6) is -1.11. The Labute approximate surface area is 307 Å². The minimum absolute atomic E-state index is 0.0702. The van der Waals surface area contributed by atoms with Crippen molar-refractivity contribution in [2.24, 2.45) is 22.9 Å². The Bertz CT molecular complexity index is 1510. The van der Waals surface area contributed by atoms with Crippen LogP contribution < -0.4 is 4.74 Å². The first-order chi connectivity index (χ1) is 25.4. The van der Waals surface area contributed by atoms with Gasteiger partial charge in [-0.2, -0.15) is 0 Å². The molecule has 2 aromatic rings. The van der Waals surface area contributed by atoms with E-state index < -0.39 is 23.8 Å². The van der Waals surface area contributed by atoms with E-state index in [-0.39, 0.29) is 63.0 Å². The lowest BCUT2D eigenvalue weighted by molar-refractivity contribution is -0.255. The van der Waals surface area contributed by atoms with E-state index in [2.05, 4.69) is 17.8 Å². The van der Waals surface area contributed by atoms with E-state index in [1.807, 2.05) is 37.3 Å². The lowest BCUT2D eigenvalue weighted by Gasteiger charge is -2.59. The Morgan fingerprint density at radius 1 is 1.08 bits per heavy atom. The van der Waals surface area contributed by atoms with Crippen LogP contribution in [-0.4, -0.2) is 90.5 Å². The van der Waals surface area contributed by atoms with Gasteiger partial charge in [-0.1, -0.05) is 67.4 Å². The maximum atomic E-state index is 14.1. The number of hydrogen-bond donors (Lipinski definition) is 3. The molecule has 3 N–H and O–H groups in total. The summed E-state index contributed by atoms with van der Waals surface area (Å²) in [4.78, 5) is 21.3. The summed E-state index contributed by atoms with van der Waals surface area (Å²) >= 11 is 0. The normalized spacial score (nSPS) is 25.3. The fourth-order valence-electron chi connectivity index (χ4n) is 8.42. The summed E-state index contributed by atoms with van der Waals surface area (Å²) < 4.78 is 25.6. The molecule has 0 radical (unpaired) electrons. The van der Waals surface area contributed by atoms with Gasteiger partial charge in [0.05, 0.1) is 31.5 Å². The van der Waals surface area contributed by atoms with Crippen LogP contribution in [0.25, 0.3) is 0 Å². The maximum Gasteiger partial charge on any atom is 0.410 e. The van der Waals surface area contributed by atoms with Crippen LogP contribution in [0.1, 0.15) is 75.3 Å². The number of phenols is 1. The van der Waals surface area contributed by atoms with Gasteiger partial charge in [0, 0.05) is 37.7 Å². The molecular formula is C41H56N2O9. The number of benzene rings is 2. The number of rotatable bonds is 20. The van der Waals surface area contributed by atoms with Crippen molar-refractivity contribution in [2.45, 2.75) is 82.6 Å². The van der Waals surface area contributed by atoms with Crippen molar-refractivity contribution in [1.29, 1.82) is 0 Å². The van der Waals surface area contributed by atoms with Gasteiger partial charge in [0.25, 0.3) is 0 Å². The Kier molecular flexibility index (Phi) is 14.6. The fourth-order valence-corrected chi connectivity index (χ4v) is 8.42. The average Bonchev–Trinajstić information content (AvgIpc) is 3.15. The molecule has 2 aromatic carbocycles. The van der Waals surface area contributed by atoms with Crippen LogP contribution in [0.15, 0.2) is 78.0 Å². The van der Waals surface area contributed by atoms with Gasteiger partial charge in [0.1, 0.15) is 31.3 Å². The molecule has 1 aliphatic heterocycles. The highest BCUT2D eigenvalue weighted by molar-refractivity contribution is 6.02. The first-order valence-corrected chi connectivity index (χ1v) is 18.8. The number of unbranched alkanes of at least 4 members (excludes halogenated alkanes) is 2. The first kappa shape index (κ1) is 39.3. The number of fused-ring (bicyclic) bond motifs is 2. The molecule has 52 heavy (non-hydrogen) atoms. The van der Waals surface area contributed by atoms with Crippen LogP contribution in [0.2, 0.25) is 0 Å². The van der Waals surface area contributed by atoms with E-state index in [9.17, 15) is 20.1 Å². The predicted molar refractivity (Wildman–Crippen MR) is 198 cm³/mol. The van der Waals surface area contributed by atoms with Crippen molar-refractivity contribution in [3.05, 3.63) is 84.0 Å². The highest BCUT2D eigenvalue weighted by Gasteiger charge is 2.65. The van der Waals surface area contributed by atoms with E-state index in [1.54, 1.807) is 29.2 Å². The number of oxime groups is 1. The van der Waals surface area contributed by atoms with E-state index in [4.69, 9.17) is 23.8 Å². The van der Waals surface area contributed by atoms with Crippen LogP contribution in [0, 0.1) is 17.8 Å². The van der Waals surface area contributed by atoms with Crippen LogP contribution in [0.4, 0.5) is 4.79 Å². The van der Waals surface area contributed by atoms with Crippen molar-refractivity contribution in [3.63, 3.8) is 0 Å². The van der Waals surface area contributed by atoms with Gasteiger partial charge in [-0.15, -0.1) is 6.58 Å². The fraction of sp³-hybridized carbons (Fsp3) is 0.561. The molecule has 0 bridgehead atoms. The van der Waals surface area contributed by atoms with E-state index in [0.29, 0.717) is 43.9 Å². The van der Waals surface area contributed by atoms with Crippen molar-refractivity contribution in [3.8, 4) is 11.5 Å². The molecule has 2 aliphatic carbocycles. The molecule has 11 nitrogen and oxygen atoms in total. The third-order valence-electron chi connectivity index (χ3n) is 10.5. The lowest BCUT2D eigenvalue weighted by Crippen LogP contribution is -2.70. The number of carbonyl (C=O) groups is 1. The van der Waals surface area contributed by atoms with Crippen molar-refractivity contribution in [1.82, 2.24) is 4.90 Å². The Morgan fingerprint density at radius 3 is 2.56 bits per heavy atom. The predicted octanol–water partition coefficient (Wildman–Crippen LogP) is 6.72. The molecule has 1 amide bonds. The average molecular weight is 721 g/mol. The third kappa shape index (κ3) is 8.82.